The maximum Gasteiger partial charge on any atom is 0.139 e. The van der Waals surface area contributed by atoms with Crippen LogP contribution in [0.2, 0.25) is 0 Å². The second-order valence-electron chi connectivity index (χ2n) is 9.03. The fourth-order valence-corrected chi connectivity index (χ4v) is 3.74. The molecule has 5 nitrogen and oxygen atoms in total. The van der Waals surface area contributed by atoms with Gasteiger partial charge in [0.15, 0.2) is 0 Å². The van der Waals surface area contributed by atoms with Gasteiger partial charge in [-0.2, -0.15) is 0 Å². The molecule has 0 spiro atoms. The van der Waals surface area contributed by atoms with Gasteiger partial charge in [0.05, 0.1) is 5.52 Å². The molecule has 2 N–H and O–H groups in total. The third kappa shape index (κ3) is 11.0. The number of nitrogens with two attached hydrogens (primary N) is 1. The monoisotopic (exact) mass is 489 g/mol. The van der Waals surface area contributed by atoms with Crippen molar-refractivity contribution in [2.24, 2.45) is 16.6 Å². The molecule has 1 aliphatic carbocycles. The molecule has 3 aromatic rings. The standard InChI is InChI=1S/C11H13N3.C11H14N2.C7H14.C2H6/c1-8-12-10-7-5-4-6-9(10)11(13-8)14(2)3;1-3-9(2)13-11(12)10-7-5-4-6-8-10;1-7-5-3-2-4-6-7;1-2/h4-7H,1-3H3;4-8H,2-3H2,1H3,(H2,12,13);7H,2-6H2,1H3;1-2H3. The number of anilines is 1. The lowest BCUT2D eigenvalue weighted by molar-refractivity contribution is 0.385. The highest BCUT2D eigenvalue weighted by atomic mass is 15.1. The lowest BCUT2D eigenvalue weighted by Gasteiger charge is -2.15. The normalized spacial score (nSPS) is 13.2. The summed E-state index contributed by atoms with van der Waals surface area (Å²) in [7, 11) is 3.99. The predicted octanol–water partition coefficient (Wildman–Crippen LogP) is 7.93. The minimum atomic E-state index is 0.535. The molecule has 2 aromatic carbocycles. The first-order chi connectivity index (χ1) is 17.3. The second-order valence-corrected chi connectivity index (χ2v) is 9.03. The van der Waals surface area contributed by atoms with Crippen LogP contribution in [-0.2, 0) is 0 Å². The van der Waals surface area contributed by atoms with Crippen LogP contribution in [0.25, 0.3) is 10.9 Å². The lowest BCUT2D eigenvalue weighted by Crippen LogP contribution is -2.13. The highest BCUT2D eigenvalue weighted by Gasteiger charge is 2.06. The molecule has 4 rings (SSSR count). The Kier molecular flexibility index (Phi) is 14.8. The van der Waals surface area contributed by atoms with Crippen LogP contribution in [-0.4, -0.2) is 29.9 Å². The number of aliphatic imine (C=N–C) groups is 1. The van der Waals surface area contributed by atoms with E-state index in [1.807, 2.05) is 101 Å². The molecule has 1 fully saturated rings. The number of allylic oxidation sites excluding steroid dienone is 1. The molecule has 5 heteroatoms. The van der Waals surface area contributed by atoms with Crippen molar-refractivity contribution >= 4 is 22.6 Å². The van der Waals surface area contributed by atoms with E-state index in [4.69, 9.17) is 5.73 Å². The summed E-state index contributed by atoms with van der Waals surface area (Å²) in [5.74, 6) is 3.36. The van der Waals surface area contributed by atoms with Crippen molar-refractivity contribution in [3.8, 4) is 0 Å². The SMILES string of the molecule is C=C(CC)N=C(N)c1ccccc1.CC.CC1CCCCC1.Cc1nc(N(C)C)c2ccccc2n1. The third-order valence-electron chi connectivity index (χ3n) is 5.77. The number of hydrogen-bond acceptors (Lipinski definition) is 4. The first-order valence-corrected chi connectivity index (χ1v) is 13.3. The first kappa shape index (κ1) is 30.8. The van der Waals surface area contributed by atoms with Crippen LogP contribution in [0.3, 0.4) is 0 Å². The number of amidine groups is 1. The molecule has 0 radical (unpaired) electrons. The van der Waals surface area contributed by atoms with Crippen molar-refractivity contribution in [2.45, 2.75) is 73.1 Å². The maximum atomic E-state index is 5.76. The smallest absolute Gasteiger partial charge is 0.139 e. The van der Waals surface area contributed by atoms with E-state index in [2.05, 4.69) is 28.5 Å². The van der Waals surface area contributed by atoms with Gasteiger partial charge in [0.1, 0.15) is 17.5 Å². The van der Waals surface area contributed by atoms with Crippen LogP contribution in [0.5, 0.6) is 0 Å². The molecule has 0 unspecified atom stereocenters. The fourth-order valence-electron chi connectivity index (χ4n) is 3.74. The zero-order chi connectivity index (χ0) is 26.9. The summed E-state index contributed by atoms with van der Waals surface area (Å²) < 4.78 is 0. The summed E-state index contributed by atoms with van der Waals surface area (Å²) in [6, 6.07) is 17.7. The Hall–Kier alpha value is -3.21. The Balaban J connectivity index is 0.000000273. The predicted molar refractivity (Wildman–Crippen MR) is 159 cm³/mol. The molecular weight excluding hydrogens is 442 g/mol. The zero-order valence-electron chi connectivity index (χ0n) is 23.6. The molecule has 1 aliphatic rings. The van der Waals surface area contributed by atoms with E-state index in [1.54, 1.807) is 0 Å². The quantitative estimate of drug-likeness (QED) is 0.298. The molecule has 196 valence electrons. The molecular formula is C31H47N5. The average molecular weight is 490 g/mol. The van der Waals surface area contributed by atoms with Crippen molar-refractivity contribution in [3.05, 3.63) is 78.3 Å². The molecule has 1 aromatic heterocycles. The number of benzene rings is 2. The van der Waals surface area contributed by atoms with Crippen LogP contribution in [0, 0.1) is 12.8 Å². The van der Waals surface area contributed by atoms with Crippen LogP contribution >= 0.6 is 0 Å². The van der Waals surface area contributed by atoms with Gasteiger partial charge in [-0.3, -0.25) is 0 Å². The number of fused-ring (bicyclic) bond motifs is 1. The topological polar surface area (TPSA) is 67.4 Å². The van der Waals surface area contributed by atoms with Gasteiger partial charge < -0.3 is 10.6 Å². The molecule has 0 bridgehead atoms. The Morgan fingerprint density at radius 3 is 2.08 bits per heavy atom. The van der Waals surface area contributed by atoms with E-state index >= 15 is 0 Å². The number of hydrogen-bond donors (Lipinski definition) is 1. The van der Waals surface area contributed by atoms with Crippen molar-refractivity contribution in [1.29, 1.82) is 0 Å². The average Bonchev–Trinajstić information content (AvgIpc) is 2.91. The van der Waals surface area contributed by atoms with Crippen LogP contribution in [0.1, 0.15) is 77.6 Å². The van der Waals surface area contributed by atoms with E-state index in [0.29, 0.717) is 5.84 Å². The summed E-state index contributed by atoms with van der Waals surface area (Å²) in [5, 5.41) is 1.10. The highest BCUT2D eigenvalue weighted by molar-refractivity contribution is 5.98. The molecule has 0 amide bonds. The van der Waals surface area contributed by atoms with Crippen LogP contribution in [0.15, 0.2) is 71.9 Å². The second kappa shape index (κ2) is 17.3. The molecule has 0 atom stereocenters. The Bertz CT molecular complexity index is 1050. The molecule has 1 saturated carbocycles. The van der Waals surface area contributed by atoms with Gasteiger partial charge in [0.25, 0.3) is 0 Å². The van der Waals surface area contributed by atoms with Gasteiger partial charge in [0, 0.05) is 30.7 Å². The summed E-state index contributed by atoms with van der Waals surface area (Å²) in [6.45, 7) is 14.1. The van der Waals surface area contributed by atoms with Gasteiger partial charge in [-0.15, -0.1) is 0 Å². The summed E-state index contributed by atoms with van der Waals surface area (Å²) in [5.41, 5.74) is 8.51. The van der Waals surface area contributed by atoms with Crippen molar-refractivity contribution < 1.29 is 0 Å². The van der Waals surface area contributed by atoms with Crippen molar-refractivity contribution in [2.75, 3.05) is 19.0 Å². The zero-order valence-corrected chi connectivity index (χ0v) is 23.6. The fraction of sp³-hybridized carbons (Fsp3) is 0.452. The van der Waals surface area contributed by atoms with Crippen LogP contribution < -0.4 is 10.6 Å². The minimum absolute atomic E-state index is 0.535. The number of para-hydroxylation sites is 1. The number of rotatable bonds is 4. The summed E-state index contributed by atoms with van der Waals surface area (Å²) in [6.07, 6.45) is 8.26. The molecule has 1 heterocycles. The summed E-state index contributed by atoms with van der Waals surface area (Å²) in [4.78, 5) is 15.0. The molecule has 0 saturated heterocycles. The van der Waals surface area contributed by atoms with Gasteiger partial charge in [-0.05, 0) is 31.4 Å². The minimum Gasteiger partial charge on any atom is -0.383 e. The third-order valence-corrected chi connectivity index (χ3v) is 5.77. The summed E-state index contributed by atoms with van der Waals surface area (Å²) >= 11 is 0. The Morgan fingerprint density at radius 1 is 0.972 bits per heavy atom. The Labute approximate surface area is 219 Å². The van der Waals surface area contributed by atoms with Crippen molar-refractivity contribution in [1.82, 2.24) is 9.97 Å². The van der Waals surface area contributed by atoms with Gasteiger partial charge in [-0.1, -0.05) is 109 Å². The van der Waals surface area contributed by atoms with E-state index in [0.717, 1.165) is 46.1 Å². The number of aromatic nitrogens is 2. The van der Waals surface area contributed by atoms with Gasteiger partial charge in [-0.25, -0.2) is 15.0 Å². The van der Waals surface area contributed by atoms with E-state index in [1.165, 1.54) is 32.1 Å². The van der Waals surface area contributed by atoms with E-state index in [-0.39, 0.29) is 0 Å². The van der Waals surface area contributed by atoms with Crippen molar-refractivity contribution in [3.63, 3.8) is 0 Å². The van der Waals surface area contributed by atoms with E-state index < -0.39 is 0 Å². The molecule has 0 aliphatic heterocycles. The largest absolute Gasteiger partial charge is 0.383 e. The van der Waals surface area contributed by atoms with Crippen LogP contribution in [0.4, 0.5) is 5.82 Å². The Morgan fingerprint density at radius 2 is 1.56 bits per heavy atom. The lowest BCUT2D eigenvalue weighted by atomic mass is 9.91. The van der Waals surface area contributed by atoms with E-state index in [9.17, 15) is 0 Å². The maximum absolute atomic E-state index is 5.76. The highest BCUT2D eigenvalue weighted by Crippen LogP contribution is 2.22. The number of aryl methyl sites for hydroxylation is 1. The van der Waals surface area contributed by atoms with Gasteiger partial charge >= 0.3 is 0 Å². The number of nitrogens with zero attached hydrogens (tertiary/aromatic N) is 4. The first-order valence-electron chi connectivity index (χ1n) is 13.3. The molecule has 36 heavy (non-hydrogen) atoms. The van der Waals surface area contributed by atoms with Gasteiger partial charge in [0.2, 0.25) is 0 Å².